The molecule has 1 unspecified atom stereocenters. The van der Waals surface area contributed by atoms with Crippen molar-refractivity contribution in [2.24, 2.45) is 5.84 Å². The molecule has 1 heterocycles. The van der Waals surface area contributed by atoms with E-state index < -0.39 is 0 Å². The van der Waals surface area contributed by atoms with Gasteiger partial charge in [0.05, 0.1) is 6.61 Å². The molecule has 0 aliphatic carbocycles. The van der Waals surface area contributed by atoms with Gasteiger partial charge >= 0.3 is 0 Å². The Kier molecular flexibility index (Phi) is 4.86. The van der Waals surface area contributed by atoms with Gasteiger partial charge < -0.3 is 5.11 Å². The molecule has 4 N–H and O–H groups in total. The molecule has 0 aromatic carbocycles. The average Bonchev–Trinajstić information content (AvgIpc) is 2.26. The molecule has 5 nitrogen and oxygen atoms in total. The van der Waals surface area contributed by atoms with Gasteiger partial charge in [0.2, 0.25) is 5.91 Å². The zero-order chi connectivity index (χ0) is 10.4. The van der Waals surface area contributed by atoms with Crippen LogP contribution in [0.15, 0.2) is 0 Å². The molecule has 0 radical (unpaired) electrons. The number of hydrazine groups is 1. The largest absolute Gasteiger partial charge is 0.395 e. The van der Waals surface area contributed by atoms with Crippen LogP contribution in [-0.4, -0.2) is 41.7 Å². The smallest absolute Gasteiger partial charge is 0.235 e. The molecule has 0 aromatic rings. The molecule has 1 rings (SSSR count). The van der Waals surface area contributed by atoms with Crippen molar-refractivity contribution in [3.05, 3.63) is 0 Å². The van der Waals surface area contributed by atoms with Crippen LogP contribution >= 0.6 is 0 Å². The van der Waals surface area contributed by atoms with Crippen molar-refractivity contribution >= 4 is 5.91 Å². The van der Waals surface area contributed by atoms with Gasteiger partial charge in [0.25, 0.3) is 0 Å². The standard InChI is InChI=1S/C9H19N3O2/c10-11-9(14)4-6-12-5-2-1-3-8(12)7-13/h8,13H,1-7,10H2,(H,11,14). The van der Waals surface area contributed by atoms with Crippen molar-refractivity contribution in [2.75, 3.05) is 19.7 Å². The van der Waals surface area contributed by atoms with Gasteiger partial charge in [-0.1, -0.05) is 6.42 Å². The minimum Gasteiger partial charge on any atom is -0.395 e. The number of piperidine rings is 1. The fourth-order valence-electron chi connectivity index (χ4n) is 1.88. The number of hydrogen-bond acceptors (Lipinski definition) is 4. The predicted octanol–water partition coefficient (Wildman–Crippen LogP) is -0.787. The average molecular weight is 201 g/mol. The molecule has 5 heteroatoms. The summed E-state index contributed by atoms with van der Waals surface area (Å²) in [7, 11) is 0. The number of nitrogens with one attached hydrogen (secondary N) is 1. The number of rotatable bonds is 4. The number of carbonyl (C=O) groups is 1. The lowest BCUT2D eigenvalue weighted by molar-refractivity contribution is -0.121. The van der Waals surface area contributed by atoms with Gasteiger partial charge in [0.1, 0.15) is 0 Å². The molecule has 0 bridgehead atoms. The lowest BCUT2D eigenvalue weighted by Crippen LogP contribution is -2.44. The van der Waals surface area contributed by atoms with Crippen molar-refractivity contribution in [3.63, 3.8) is 0 Å². The molecule has 1 aliphatic rings. The van der Waals surface area contributed by atoms with Crippen molar-refractivity contribution in [1.29, 1.82) is 0 Å². The van der Waals surface area contributed by atoms with E-state index in [0.717, 1.165) is 19.4 Å². The van der Waals surface area contributed by atoms with Crippen LogP contribution in [0.2, 0.25) is 0 Å². The first-order valence-corrected chi connectivity index (χ1v) is 5.12. The Morgan fingerprint density at radius 3 is 3.00 bits per heavy atom. The van der Waals surface area contributed by atoms with Crippen molar-refractivity contribution < 1.29 is 9.90 Å². The van der Waals surface area contributed by atoms with E-state index in [9.17, 15) is 4.79 Å². The minimum absolute atomic E-state index is 0.146. The number of aliphatic hydroxyl groups excluding tert-OH is 1. The number of amides is 1. The van der Waals surface area contributed by atoms with Gasteiger partial charge in [-0.15, -0.1) is 0 Å². The highest BCUT2D eigenvalue weighted by Gasteiger charge is 2.21. The highest BCUT2D eigenvalue weighted by Crippen LogP contribution is 2.16. The molecule has 1 aliphatic heterocycles. The van der Waals surface area contributed by atoms with Crippen LogP contribution in [0.1, 0.15) is 25.7 Å². The minimum atomic E-state index is -0.146. The quantitative estimate of drug-likeness (QED) is 0.316. The maximum Gasteiger partial charge on any atom is 0.235 e. The number of likely N-dealkylation sites (tertiary alicyclic amines) is 1. The first-order chi connectivity index (χ1) is 6.77. The molecule has 1 atom stereocenters. The summed E-state index contributed by atoms with van der Waals surface area (Å²) >= 11 is 0. The van der Waals surface area contributed by atoms with E-state index in [1.807, 2.05) is 0 Å². The Bertz CT molecular complexity index is 187. The maximum absolute atomic E-state index is 10.9. The van der Waals surface area contributed by atoms with Crippen molar-refractivity contribution in [1.82, 2.24) is 10.3 Å². The summed E-state index contributed by atoms with van der Waals surface area (Å²) in [4.78, 5) is 13.1. The third-order valence-electron chi connectivity index (χ3n) is 2.75. The summed E-state index contributed by atoms with van der Waals surface area (Å²) in [6.45, 7) is 1.85. The van der Waals surface area contributed by atoms with Crippen LogP contribution < -0.4 is 11.3 Å². The summed E-state index contributed by atoms with van der Waals surface area (Å²) in [5.41, 5.74) is 2.11. The molecule has 14 heavy (non-hydrogen) atoms. The Balaban J connectivity index is 2.29. The van der Waals surface area contributed by atoms with Gasteiger partial charge in [-0.25, -0.2) is 5.84 Å². The molecule has 0 aromatic heterocycles. The van der Waals surface area contributed by atoms with E-state index in [4.69, 9.17) is 10.9 Å². The Morgan fingerprint density at radius 1 is 1.57 bits per heavy atom. The van der Waals surface area contributed by atoms with Gasteiger partial charge in [-0.05, 0) is 19.4 Å². The Labute approximate surface area is 84.2 Å². The summed E-state index contributed by atoms with van der Waals surface area (Å²) < 4.78 is 0. The zero-order valence-electron chi connectivity index (χ0n) is 8.41. The van der Waals surface area contributed by atoms with Crippen LogP contribution in [-0.2, 0) is 4.79 Å². The molecular formula is C9H19N3O2. The second-order valence-corrected chi connectivity index (χ2v) is 3.69. The SMILES string of the molecule is NNC(=O)CCN1CCCCC1CO. The van der Waals surface area contributed by atoms with Gasteiger partial charge in [0, 0.05) is 19.0 Å². The Morgan fingerprint density at radius 2 is 2.36 bits per heavy atom. The topological polar surface area (TPSA) is 78.6 Å². The fraction of sp³-hybridized carbons (Fsp3) is 0.889. The molecule has 0 spiro atoms. The molecule has 82 valence electrons. The summed E-state index contributed by atoms with van der Waals surface area (Å²) in [5, 5.41) is 9.12. The van der Waals surface area contributed by atoms with Gasteiger partial charge in [-0.2, -0.15) is 0 Å². The van der Waals surface area contributed by atoms with E-state index in [1.54, 1.807) is 0 Å². The number of nitrogens with zero attached hydrogens (tertiary/aromatic N) is 1. The second-order valence-electron chi connectivity index (χ2n) is 3.69. The first kappa shape index (κ1) is 11.4. The lowest BCUT2D eigenvalue weighted by atomic mass is 10.0. The third-order valence-corrected chi connectivity index (χ3v) is 2.75. The van der Waals surface area contributed by atoms with E-state index >= 15 is 0 Å². The normalized spacial score (nSPS) is 23.4. The van der Waals surface area contributed by atoms with Crippen LogP contribution in [0.3, 0.4) is 0 Å². The highest BCUT2D eigenvalue weighted by molar-refractivity contribution is 5.75. The van der Waals surface area contributed by atoms with E-state index in [-0.39, 0.29) is 18.6 Å². The summed E-state index contributed by atoms with van der Waals surface area (Å²) in [6.07, 6.45) is 3.76. The predicted molar refractivity (Wildman–Crippen MR) is 53.2 cm³/mol. The lowest BCUT2D eigenvalue weighted by Gasteiger charge is -2.34. The second kappa shape index (κ2) is 5.95. The molecule has 1 saturated heterocycles. The number of carbonyl (C=O) groups excluding carboxylic acids is 1. The van der Waals surface area contributed by atoms with Crippen LogP contribution in [0.5, 0.6) is 0 Å². The van der Waals surface area contributed by atoms with E-state index in [0.29, 0.717) is 13.0 Å². The third kappa shape index (κ3) is 3.25. The highest BCUT2D eigenvalue weighted by atomic mass is 16.3. The molecule has 1 fully saturated rings. The van der Waals surface area contributed by atoms with Crippen LogP contribution in [0, 0.1) is 0 Å². The van der Waals surface area contributed by atoms with E-state index in [2.05, 4.69) is 10.3 Å². The molecule has 0 saturated carbocycles. The zero-order valence-corrected chi connectivity index (χ0v) is 8.41. The number of hydrogen-bond donors (Lipinski definition) is 3. The monoisotopic (exact) mass is 201 g/mol. The summed E-state index contributed by atoms with van der Waals surface area (Å²) in [6, 6.07) is 0.231. The Hall–Kier alpha value is -0.650. The summed E-state index contributed by atoms with van der Waals surface area (Å²) in [5.74, 6) is 4.84. The van der Waals surface area contributed by atoms with E-state index in [1.165, 1.54) is 6.42 Å². The van der Waals surface area contributed by atoms with Gasteiger partial charge in [0.15, 0.2) is 0 Å². The van der Waals surface area contributed by atoms with Crippen LogP contribution in [0.25, 0.3) is 0 Å². The van der Waals surface area contributed by atoms with Crippen molar-refractivity contribution in [3.8, 4) is 0 Å². The fourth-order valence-corrected chi connectivity index (χ4v) is 1.88. The van der Waals surface area contributed by atoms with Gasteiger partial charge in [-0.3, -0.25) is 15.1 Å². The van der Waals surface area contributed by atoms with Crippen molar-refractivity contribution in [2.45, 2.75) is 31.7 Å². The molecular weight excluding hydrogens is 182 g/mol. The molecule has 1 amide bonds. The number of aliphatic hydroxyl groups is 1. The first-order valence-electron chi connectivity index (χ1n) is 5.12. The maximum atomic E-state index is 10.9. The van der Waals surface area contributed by atoms with Crippen LogP contribution in [0.4, 0.5) is 0 Å². The number of nitrogens with two attached hydrogens (primary N) is 1.